The van der Waals surface area contributed by atoms with Crippen molar-refractivity contribution in [1.29, 1.82) is 0 Å². The molecule has 0 unspecified atom stereocenters. The minimum Gasteiger partial charge on any atom is -0.321 e. The van der Waals surface area contributed by atoms with Crippen molar-refractivity contribution in [2.45, 2.75) is 20.8 Å². The molecule has 0 saturated heterocycles. The summed E-state index contributed by atoms with van der Waals surface area (Å²) in [7, 11) is 0. The second-order valence-electron chi connectivity index (χ2n) is 6.53. The van der Waals surface area contributed by atoms with E-state index in [9.17, 15) is 4.79 Å². The summed E-state index contributed by atoms with van der Waals surface area (Å²) in [4.78, 5) is 14.4. The highest BCUT2D eigenvalue weighted by atomic mass is 35.5. The third-order valence-corrected chi connectivity index (χ3v) is 6.05. The van der Waals surface area contributed by atoms with Crippen LogP contribution in [0.1, 0.15) is 26.5 Å². The van der Waals surface area contributed by atoms with Gasteiger partial charge in [0.15, 0.2) is 0 Å². The van der Waals surface area contributed by atoms with Crippen molar-refractivity contribution in [3.05, 3.63) is 75.3 Å². The lowest BCUT2D eigenvalue weighted by Gasteiger charge is -2.08. The average Bonchev–Trinajstić information content (AvgIpc) is 3.20. The van der Waals surface area contributed by atoms with Gasteiger partial charge in [0.05, 0.1) is 16.3 Å². The highest BCUT2D eigenvalue weighted by molar-refractivity contribution is 7.20. The molecule has 0 aliphatic rings. The first-order valence-electron chi connectivity index (χ1n) is 8.56. The number of fused-ring (bicyclic) bond motifs is 1. The normalized spacial score (nSPS) is 11.1. The molecule has 2 aromatic heterocycles. The summed E-state index contributed by atoms with van der Waals surface area (Å²) in [6.07, 6.45) is 0. The van der Waals surface area contributed by atoms with E-state index in [2.05, 4.69) is 29.5 Å². The van der Waals surface area contributed by atoms with E-state index in [4.69, 9.17) is 11.6 Å². The van der Waals surface area contributed by atoms with E-state index < -0.39 is 0 Å². The van der Waals surface area contributed by atoms with E-state index >= 15 is 0 Å². The number of nitrogens with one attached hydrogen (secondary N) is 1. The second kappa shape index (κ2) is 6.83. The van der Waals surface area contributed by atoms with Gasteiger partial charge in [0.2, 0.25) is 0 Å². The average molecular weight is 396 g/mol. The Labute approximate surface area is 166 Å². The third kappa shape index (κ3) is 3.24. The first-order valence-corrected chi connectivity index (χ1v) is 9.76. The van der Waals surface area contributed by atoms with E-state index in [1.807, 2.05) is 54.9 Å². The first-order chi connectivity index (χ1) is 12.9. The van der Waals surface area contributed by atoms with E-state index in [0.717, 1.165) is 32.8 Å². The minimum atomic E-state index is -0.142. The molecule has 0 spiro atoms. The lowest BCUT2D eigenvalue weighted by Crippen LogP contribution is -2.11. The van der Waals surface area contributed by atoms with Crippen molar-refractivity contribution in [3.63, 3.8) is 0 Å². The first kappa shape index (κ1) is 17.8. The molecule has 27 heavy (non-hydrogen) atoms. The number of carbonyl (C=O) groups excluding carboxylic acids is 1. The van der Waals surface area contributed by atoms with Gasteiger partial charge in [-0.1, -0.05) is 29.8 Å². The number of hydrogen-bond donors (Lipinski definition) is 1. The van der Waals surface area contributed by atoms with Crippen LogP contribution in [-0.4, -0.2) is 15.7 Å². The molecule has 6 heteroatoms. The van der Waals surface area contributed by atoms with E-state index in [0.29, 0.717) is 9.90 Å². The largest absolute Gasteiger partial charge is 0.321 e. The molecule has 0 bridgehead atoms. The molecule has 0 atom stereocenters. The number of aromatic nitrogens is 2. The lowest BCUT2D eigenvalue weighted by atomic mass is 10.2. The van der Waals surface area contributed by atoms with Crippen LogP contribution in [0.15, 0.2) is 48.5 Å². The summed E-state index contributed by atoms with van der Waals surface area (Å²) >= 11 is 7.59. The smallest absolute Gasteiger partial charge is 0.265 e. The van der Waals surface area contributed by atoms with Gasteiger partial charge in [0.1, 0.15) is 4.83 Å². The fourth-order valence-electron chi connectivity index (χ4n) is 3.02. The molecule has 4 nitrogen and oxygen atoms in total. The topological polar surface area (TPSA) is 46.9 Å². The van der Waals surface area contributed by atoms with Gasteiger partial charge in [0, 0.05) is 16.1 Å². The summed E-state index contributed by atoms with van der Waals surface area (Å²) in [6, 6.07) is 15.6. The van der Waals surface area contributed by atoms with Gasteiger partial charge in [-0.05, 0) is 62.2 Å². The molecule has 4 rings (SSSR count). The molecule has 136 valence electrons. The predicted molar refractivity (Wildman–Crippen MR) is 113 cm³/mol. The Morgan fingerprint density at radius 3 is 2.67 bits per heavy atom. The maximum Gasteiger partial charge on any atom is 0.265 e. The van der Waals surface area contributed by atoms with Crippen molar-refractivity contribution in [2.24, 2.45) is 0 Å². The van der Waals surface area contributed by atoms with Gasteiger partial charge < -0.3 is 5.32 Å². The summed E-state index contributed by atoms with van der Waals surface area (Å²) in [5.74, 6) is -0.142. The van der Waals surface area contributed by atoms with Crippen LogP contribution < -0.4 is 5.32 Å². The molecule has 0 radical (unpaired) electrons. The molecule has 0 aliphatic heterocycles. The number of anilines is 1. The number of thiophene rings is 1. The number of amides is 1. The van der Waals surface area contributed by atoms with Crippen LogP contribution in [0, 0.1) is 20.8 Å². The molecular formula is C21H18ClN3OS. The number of nitrogens with zero attached hydrogens (tertiary/aromatic N) is 2. The molecule has 2 aromatic carbocycles. The Hall–Kier alpha value is -2.63. The van der Waals surface area contributed by atoms with Crippen molar-refractivity contribution in [1.82, 2.24) is 9.78 Å². The van der Waals surface area contributed by atoms with Gasteiger partial charge in [-0.15, -0.1) is 11.3 Å². The van der Waals surface area contributed by atoms with E-state index in [-0.39, 0.29) is 5.91 Å². The summed E-state index contributed by atoms with van der Waals surface area (Å²) in [5.41, 5.74) is 4.64. The zero-order valence-electron chi connectivity index (χ0n) is 15.2. The quantitative estimate of drug-likeness (QED) is 0.468. The number of hydrogen-bond acceptors (Lipinski definition) is 3. The highest BCUT2D eigenvalue weighted by Gasteiger charge is 2.18. The van der Waals surface area contributed by atoms with Crippen LogP contribution in [0.2, 0.25) is 5.02 Å². The van der Waals surface area contributed by atoms with Crippen molar-refractivity contribution < 1.29 is 4.79 Å². The predicted octanol–water partition coefficient (Wildman–Crippen LogP) is 5.92. The Bertz CT molecular complexity index is 1180. The number of halogens is 1. The number of carbonyl (C=O) groups is 1. The molecule has 4 aromatic rings. The Kier molecular flexibility index (Phi) is 4.50. The minimum absolute atomic E-state index is 0.142. The molecule has 0 aliphatic carbocycles. The van der Waals surface area contributed by atoms with Crippen molar-refractivity contribution >= 4 is 44.7 Å². The van der Waals surface area contributed by atoms with Crippen LogP contribution in [0.25, 0.3) is 15.9 Å². The molecule has 1 N–H and O–H groups in total. The molecular weight excluding hydrogens is 378 g/mol. The lowest BCUT2D eigenvalue weighted by molar-refractivity contribution is 0.103. The number of rotatable bonds is 3. The zero-order valence-corrected chi connectivity index (χ0v) is 16.8. The third-order valence-electron chi connectivity index (χ3n) is 4.53. The highest BCUT2D eigenvalue weighted by Crippen LogP contribution is 2.31. The van der Waals surface area contributed by atoms with Crippen LogP contribution in [0.3, 0.4) is 0 Å². The van der Waals surface area contributed by atoms with Crippen molar-refractivity contribution in [2.75, 3.05) is 5.32 Å². The van der Waals surface area contributed by atoms with Gasteiger partial charge >= 0.3 is 0 Å². The van der Waals surface area contributed by atoms with Crippen LogP contribution in [0.5, 0.6) is 0 Å². The summed E-state index contributed by atoms with van der Waals surface area (Å²) < 4.78 is 1.91. The van der Waals surface area contributed by atoms with Crippen LogP contribution in [0.4, 0.5) is 5.69 Å². The summed E-state index contributed by atoms with van der Waals surface area (Å²) in [6.45, 7) is 5.91. The molecule has 0 fully saturated rings. The van der Waals surface area contributed by atoms with Crippen molar-refractivity contribution in [3.8, 4) is 5.69 Å². The molecule has 2 heterocycles. The number of benzene rings is 2. The van der Waals surface area contributed by atoms with Crippen LogP contribution in [-0.2, 0) is 0 Å². The second-order valence-corrected chi connectivity index (χ2v) is 7.97. The zero-order chi connectivity index (χ0) is 19.1. The Morgan fingerprint density at radius 1 is 1.11 bits per heavy atom. The summed E-state index contributed by atoms with van der Waals surface area (Å²) in [5, 5.41) is 9.24. The monoisotopic (exact) mass is 395 g/mol. The Balaban J connectivity index is 1.72. The maximum absolute atomic E-state index is 12.8. The molecule has 0 saturated carbocycles. The van der Waals surface area contributed by atoms with Gasteiger partial charge in [-0.2, -0.15) is 5.10 Å². The van der Waals surface area contributed by atoms with Gasteiger partial charge in [-0.3, -0.25) is 4.79 Å². The fraction of sp³-hybridized carbons (Fsp3) is 0.143. The van der Waals surface area contributed by atoms with Gasteiger partial charge in [0.25, 0.3) is 5.91 Å². The SMILES string of the molecule is Cc1cccc(-n2nc(C)c3cc(C(=O)Nc4cccc(Cl)c4C)sc32)c1. The fourth-order valence-corrected chi connectivity index (χ4v) is 4.27. The maximum atomic E-state index is 12.8. The van der Waals surface area contributed by atoms with E-state index in [1.54, 1.807) is 0 Å². The van der Waals surface area contributed by atoms with E-state index in [1.165, 1.54) is 16.9 Å². The van der Waals surface area contributed by atoms with Gasteiger partial charge in [-0.25, -0.2) is 4.68 Å². The molecule has 1 amide bonds. The Morgan fingerprint density at radius 2 is 1.89 bits per heavy atom. The van der Waals surface area contributed by atoms with Crippen LogP contribution >= 0.6 is 22.9 Å². The standard InChI is InChI=1S/C21H18ClN3OS/c1-12-6-4-7-15(10-12)25-21-16(14(3)24-25)11-19(27-21)20(26)23-18-9-5-8-17(22)13(18)2/h4-11H,1-3H3,(H,23,26). The number of aryl methyl sites for hydroxylation is 2.